The number of carbonyl (C=O) groups excluding carboxylic acids is 1. The number of hydrogen-bond donors (Lipinski definition) is 3. The number of carbonyl (C=O) groups is 1. The smallest absolute Gasteiger partial charge is 0.240 e. The molecule has 0 unspecified atom stereocenters. The quantitative estimate of drug-likeness (QED) is 0.624. The summed E-state index contributed by atoms with van der Waals surface area (Å²) in [6, 6.07) is 6.28. The Labute approximate surface area is 150 Å². The maximum Gasteiger partial charge on any atom is 0.240 e. The second kappa shape index (κ2) is 9.89. The van der Waals surface area contributed by atoms with Gasteiger partial charge in [-0.15, -0.1) is 0 Å². The Kier molecular flexibility index (Phi) is 7.87. The molecule has 1 aliphatic rings. The Balaban J connectivity index is 1.83. The molecule has 7 heteroatoms. The summed E-state index contributed by atoms with van der Waals surface area (Å²) in [6.45, 7) is 0.413. The van der Waals surface area contributed by atoms with Gasteiger partial charge in [0.1, 0.15) is 0 Å². The summed E-state index contributed by atoms with van der Waals surface area (Å²) in [4.78, 5) is 12.2. The molecule has 0 heterocycles. The molecular weight excluding hydrogens is 338 g/mol. The Morgan fingerprint density at radius 1 is 1.20 bits per heavy atom. The van der Waals surface area contributed by atoms with Crippen LogP contribution in [0.15, 0.2) is 29.2 Å². The fourth-order valence-corrected chi connectivity index (χ4v) is 4.36. The van der Waals surface area contributed by atoms with E-state index in [-0.39, 0.29) is 23.9 Å². The van der Waals surface area contributed by atoms with Gasteiger partial charge < -0.3 is 11.1 Å². The summed E-state index contributed by atoms with van der Waals surface area (Å²) in [5.74, 6) is 0.698. The predicted octanol–water partition coefficient (Wildman–Crippen LogP) is 2.61. The minimum Gasteiger partial charge on any atom is -0.329 e. The summed E-state index contributed by atoms with van der Waals surface area (Å²) >= 11 is 0. The molecule has 0 saturated heterocycles. The van der Waals surface area contributed by atoms with Crippen LogP contribution in [-0.2, 0) is 14.8 Å². The zero-order valence-corrected chi connectivity index (χ0v) is 15.5. The summed E-state index contributed by atoms with van der Waals surface area (Å²) in [5.41, 5.74) is 5.82. The maximum atomic E-state index is 12.1. The zero-order chi connectivity index (χ0) is 18.1. The standard InChI is InChI=1S/C18H29N3O3S/c19-12-13-20-25(23,24)17-10-5-9-16(14-17)21-18(22)11-4-8-15-6-2-1-3-7-15/h5,9-10,14-15,20H,1-4,6-8,11-13,19H2,(H,21,22). The molecule has 1 amide bonds. The van der Waals surface area contributed by atoms with E-state index in [9.17, 15) is 13.2 Å². The molecule has 25 heavy (non-hydrogen) atoms. The molecule has 0 bridgehead atoms. The van der Waals surface area contributed by atoms with E-state index in [1.54, 1.807) is 12.1 Å². The van der Waals surface area contributed by atoms with Gasteiger partial charge in [0, 0.05) is 25.2 Å². The molecule has 0 aliphatic heterocycles. The van der Waals surface area contributed by atoms with Crippen molar-refractivity contribution in [2.45, 2.75) is 56.3 Å². The Morgan fingerprint density at radius 2 is 1.96 bits per heavy atom. The number of hydrogen-bond acceptors (Lipinski definition) is 4. The highest BCUT2D eigenvalue weighted by atomic mass is 32.2. The number of sulfonamides is 1. The van der Waals surface area contributed by atoms with E-state index in [2.05, 4.69) is 10.0 Å². The monoisotopic (exact) mass is 367 g/mol. The van der Waals surface area contributed by atoms with E-state index < -0.39 is 10.0 Å². The number of nitrogens with two attached hydrogens (primary N) is 1. The lowest BCUT2D eigenvalue weighted by atomic mass is 9.86. The fourth-order valence-electron chi connectivity index (χ4n) is 3.27. The van der Waals surface area contributed by atoms with Crippen LogP contribution in [0.1, 0.15) is 51.4 Å². The van der Waals surface area contributed by atoms with Gasteiger partial charge >= 0.3 is 0 Å². The van der Waals surface area contributed by atoms with Crippen molar-refractivity contribution in [3.63, 3.8) is 0 Å². The number of benzene rings is 1. The van der Waals surface area contributed by atoms with Gasteiger partial charge in [-0.25, -0.2) is 13.1 Å². The van der Waals surface area contributed by atoms with Crippen molar-refractivity contribution < 1.29 is 13.2 Å². The molecule has 2 rings (SSSR count). The van der Waals surface area contributed by atoms with Crippen LogP contribution in [0, 0.1) is 5.92 Å². The van der Waals surface area contributed by atoms with Gasteiger partial charge in [-0.1, -0.05) is 38.2 Å². The van der Waals surface area contributed by atoms with Crippen molar-refractivity contribution in [2.24, 2.45) is 11.7 Å². The van der Waals surface area contributed by atoms with E-state index in [1.165, 1.54) is 44.2 Å². The van der Waals surface area contributed by atoms with Gasteiger partial charge in [0.2, 0.25) is 15.9 Å². The van der Waals surface area contributed by atoms with Crippen LogP contribution < -0.4 is 15.8 Å². The average Bonchev–Trinajstić information content (AvgIpc) is 2.61. The molecule has 1 aliphatic carbocycles. The fraction of sp³-hybridized carbons (Fsp3) is 0.611. The lowest BCUT2D eigenvalue weighted by molar-refractivity contribution is -0.116. The third-order valence-electron chi connectivity index (χ3n) is 4.61. The van der Waals surface area contributed by atoms with E-state index in [0.717, 1.165) is 18.8 Å². The van der Waals surface area contributed by atoms with Gasteiger partial charge in [-0.3, -0.25) is 4.79 Å². The number of anilines is 1. The van der Waals surface area contributed by atoms with Crippen LogP contribution >= 0.6 is 0 Å². The van der Waals surface area contributed by atoms with Gasteiger partial charge in [0.05, 0.1) is 4.90 Å². The van der Waals surface area contributed by atoms with Gasteiger partial charge in [-0.05, 0) is 37.0 Å². The first-order valence-electron chi connectivity index (χ1n) is 9.11. The SMILES string of the molecule is NCCNS(=O)(=O)c1cccc(NC(=O)CCCC2CCCCC2)c1. The molecule has 6 nitrogen and oxygen atoms in total. The highest BCUT2D eigenvalue weighted by Gasteiger charge is 2.15. The van der Waals surface area contributed by atoms with Crippen molar-refractivity contribution in [1.82, 2.24) is 4.72 Å². The average molecular weight is 368 g/mol. The minimum absolute atomic E-state index is 0.0692. The second-order valence-corrected chi connectivity index (χ2v) is 8.43. The Morgan fingerprint density at radius 3 is 2.68 bits per heavy atom. The molecule has 4 N–H and O–H groups in total. The lowest BCUT2D eigenvalue weighted by Gasteiger charge is -2.21. The molecule has 1 saturated carbocycles. The zero-order valence-electron chi connectivity index (χ0n) is 14.7. The third kappa shape index (κ3) is 6.76. The molecule has 140 valence electrons. The first-order valence-corrected chi connectivity index (χ1v) is 10.6. The van der Waals surface area contributed by atoms with Crippen LogP contribution in [0.2, 0.25) is 0 Å². The van der Waals surface area contributed by atoms with Crippen LogP contribution in [0.5, 0.6) is 0 Å². The molecule has 0 atom stereocenters. The highest BCUT2D eigenvalue weighted by molar-refractivity contribution is 7.89. The van der Waals surface area contributed by atoms with Gasteiger partial charge in [0.15, 0.2) is 0 Å². The summed E-state index contributed by atoms with van der Waals surface area (Å²) in [6.07, 6.45) is 9.01. The summed E-state index contributed by atoms with van der Waals surface area (Å²) < 4.78 is 26.6. The van der Waals surface area contributed by atoms with Crippen molar-refractivity contribution >= 4 is 21.6 Å². The first kappa shape index (κ1) is 19.9. The minimum atomic E-state index is -3.59. The van der Waals surface area contributed by atoms with Crippen LogP contribution in [0.3, 0.4) is 0 Å². The van der Waals surface area contributed by atoms with E-state index in [0.29, 0.717) is 12.1 Å². The predicted molar refractivity (Wildman–Crippen MR) is 99.7 cm³/mol. The third-order valence-corrected chi connectivity index (χ3v) is 6.06. The molecule has 0 spiro atoms. The van der Waals surface area contributed by atoms with Gasteiger partial charge in [-0.2, -0.15) is 0 Å². The summed E-state index contributed by atoms with van der Waals surface area (Å²) in [7, 11) is -3.59. The van der Waals surface area contributed by atoms with E-state index >= 15 is 0 Å². The van der Waals surface area contributed by atoms with Crippen molar-refractivity contribution in [2.75, 3.05) is 18.4 Å². The number of nitrogens with one attached hydrogen (secondary N) is 2. The topological polar surface area (TPSA) is 101 Å². The van der Waals surface area contributed by atoms with Crippen molar-refractivity contribution in [1.29, 1.82) is 0 Å². The van der Waals surface area contributed by atoms with Gasteiger partial charge in [0.25, 0.3) is 0 Å². The number of amides is 1. The maximum absolute atomic E-state index is 12.1. The van der Waals surface area contributed by atoms with Crippen LogP contribution in [0.4, 0.5) is 5.69 Å². The lowest BCUT2D eigenvalue weighted by Crippen LogP contribution is -2.29. The normalized spacial score (nSPS) is 15.9. The number of rotatable bonds is 9. The van der Waals surface area contributed by atoms with Crippen molar-refractivity contribution in [3.05, 3.63) is 24.3 Å². The van der Waals surface area contributed by atoms with E-state index in [4.69, 9.17) is 5.73 Å². The molecule has 1 fully saturated rings. The van der Waals surface area contributed by atoms with Crippen LogP contribution in [0.25, 0.3) is 0 Å². The molecule has 1 aromatic rings. The molecule has 0 aromatic heterocycles. The largest absolute Gasteiger partial charge is 0.329 e. The molecule has 1 aromatic carbocycles. The molecular formula is C18H29N3O3S. The molecule has 0 radical (unpaired) electrons. The highest BCUT2D eigenvalue weighted by Crippen LogP contribution is 2.27. The Hall–Kier alpha value is -1.44. The first-order chi connectivity index (χ1) is 12.0. The second-order valence-electron chi connectivity index (χ2n) is 6.66. The van der Waals surface area contributed by atoms with Crippen LogP contribution in [-0.4, -0.2) is 27.4 Å². The Bertz CT molecular complexity index is 655. The summed E-state index contributed by atoms with van der Waals surface area (Å²) in [5, 5.41) is 2.79. The van der Waals surface area contributed by atoms with E-state index in [1.807, 2.05) is 0 Å². The van der Waals surface area contributed by atoms with Crippen molar-refractivity contribution in [3.8, 4) is 0 Å².